The lowest BCUT2D eigenvalue weighted by atomic mass is 9.88. The first kappa shape index (κ1) is 26.5. The van der Waals surface area contributed by atoms with E-state index >= 15 is 0 Å². The maximum Gasteiger partial charge on any atom is 0.244 e. The minimum atomic E-state index is -0.203. The Kier molecular flexibility index (Phi) is 7.98. The number of hydrogen-bond acceptors (Lipinski definition) is 5. The number of amides is 1. The summed E-state index contributed by atoms with van der Waals surface area (Å²) in [7, 11) is 5.39. The van der Waals surface area contributed by atoms with Gasteiger partial charge in [-0.05, 0) is 92.3 Å². The predicted molar refractivity (Wildman–Crippen MR) is 156 cm³/mol. The summed E-state index contributed by atoms with van der Waals surface area (Å²) in [6, 6.07) is 16.4. The molecule has 3 heterocycles. The van der Waals surface area contributed by atoms with Crippen molar-refractivity contribution in [2.75, 3.05) is 34.4 Å². The van der Waals surface area contributed by atoms with E-state index in [1.165, 1.54) is 18.4 Å². The second-order valence-electron chi connectivity index (χ2n) is 10.2. The third kappa shape index (κ3) is 5.83. The molecule has 2 N–H and O–H groups in total. The summed E-state index contributed by atoms with van der Waals surface area (Å²) in [5, 5.41) is 4.03. The summed E-state index contributed by atoms with van der Waals surface area (Å²) in [6.07, 6.45) is 9.54. The zero-order valence-corrected chi connectivity index (χ0v) is 23.0. The molecule has 2 aromatic heterocycles. The summed E-state index contributed by atoms with van der Waals surface area (Å²) in [5.74, 6) is 1.72. The topological polar surface area (TPSA) is 79.5 Å². The summed E-state index contributed by atoms with van der Waals surface area (Å²) in [4.78, 5) is 23.0. The van der Waals surface area contributed by atoms with Crippen LogP contribution in [-0.4, -0.2) is 55.1 Å². The van der Waals surface area contributed by atoms with E-state index in [1.807, 2.05) is 49.7 Å². The molecule has 0 bridgehead atoms. The van der Waals surface area contributed by atoms with Crippen LogP contribution in [0.3, 0.4) is 0 Å². The van der Waals surface area contributed by atoms with Gasteiger partial charge in [0, 0.05) is 29.4 Å². The van der Waals surface area contributed by atoms with Crippen LogP contribution >= 0.6 is 0 Å². The molecule has 1 amide bonds. The molecule has 0 radical (unpaired) electrons. The third-order valence-corrected chi connectivity index (χ3v) is 7.70. The Morgan fingerprint density at radius 3 is 2.54 bits per heavy atom. The van der Waals surface area contributed by atoms with Gasteiger partial charge in [-0.15, -0.1) is 0 Å². The van der Waals surface area contributed by atoms with Crippen LogP contribution in [0.25, 0.3) is 28.2 Å². The number of likely N-dealkylation sites (tertiary alicyclic amines) is 1. The highest BCUT2D eigenvalue weighted by Gasteiger charge is 2.19. The maximum absolute atomic E-state index is 12.8. The maximum atomic E-state index is 12.8. The van der Waals surface area contributed by atoms with Gasteiger partial charge in [0.25, 0.3) is 0 Å². The first-order chi connectivity index (χ1) is 19.0. The van der Waals surface area contributed by atoms with Crippen molar-refractivity contribution in [3.63, 3.8) is 0 Å². The molecule has 0 saturated carbocycles. The van der Waals surface area contributed by atoms with E-state index in [4.69, 9.17) is 9.47 Å². The SMILES string of the molecule is COc1ccc([C@@H](C)NC(=O)/C=C/c2c[nH]c3nccc(-c4ccc(C5CCN(C)CC5)cc4)c23)cc1OC. The Balaban J connectivity index is 1.33. The number of carbonyl (C=O) groups excluding carboxylic acids is 1. The molecule has 0 aliphatic carbocycles. The van der Waals surface area contributed by atoms with Crippen molar-refractivity contribution in [1.29, 1.82) is 0 Å². The Hall–Kier alpha value is -4.10. The number of aromatic nitrogens is 2. The van der Waals surface area contributed by atoms with Gasteiger partial charge in [-0.2, -0.15) is 0 Å². The van der Waals surface area contributed by atoms with Crippen molar-refractivity contribution in [3.8, 4) is 22.6 Å². The number of carbonyl (C=O) groups is 1. The number of H-pyrrole nitrogens is 1. The number of methoxy groups -OCH3 is 2. The Morgan fingerprint density at radius 1 is 1.08 bits per heavy atom. The van der Waals surface area contributed by atoms with Crippen molar-refractivity contribution >= 4 is 23.0 Å². The van der Waals surface area contributed by atoms with Gasteiger partial charge in [-0.25, -0.2) is 4.98 Å². The molecule has 2 aromatic carbocycles. The first-order valence-electron chi connectivity index (χ1n) is 13.4. The lowest BCUT2D eigenvalue weighted by Crippen LogP contribution is -2.29. The summed E-state index contributed by atoms with van der Waals surface area (Å²) >= 11 is 0. The average molecular weight is 525 g/mol. The van der Waals surface area contributed by atoms with Gasteiger partial charge in [-0.3, -0.25) is 4.79 Å². The van der Waals surface area contributed by atoms with E-state index in [0.717, 1.165) is 46.4 Å². The third-order valence-electron chi connectivity index (χ3n) is 7.70. The average Bonchev–Trinajstić information content (AvgIpc) is 3.39. The summed E-state index contributed by atoms with van der Waals surface area (Å²) in [5.41, 5.74) is 6.28. The van der Waals surface area contributed by atoms with E-state index in [9.17, 15) is 4.79 Å². The lowest BCUT2D eigenvalue weighted by molar-refractivity contribution is -0.117. The van der Waals surface area contributed by atoms with E-state index < -0.39 is 0 Å². The van der Waals surface area contributed by atoms with Crippen LogP contribution in [0.1, 0.15) is 48.4 Å². The van der Waals surface area contributed by atoms with E-state index in [0.29, 0.717) is 17.4 Å². The molecule has 39 heavy (non-hydrogen) atoms. The number of rotatable bonds is 8. The fourth-order valence-electron chi connectivity index (χ4n) is 5.36. The molecule has 7 nitrogen and oxygen atoms in total. The van der Waals surface area contributed by atoms with E-state index in [2.05, 4.69) is 51.5 Å². The molecule has 0 unspecified atom stereocenters. The number of pyridine rings is 1. The molecular weight excluding hydrogens is 488 g/mol. The van der Waals surface area contributed by atoms with Crippen molar-refractivity contribution in [2.45, 2.75) is 31.7 Å². The van der Waals surface area contributed by atoms with Crippen LogP contribution < -0.4 is 14.8 Å². The van der Waals surface area contributed by atoms with Crippen molar-refractivity contribution in [2.24, 2.45) is 0 Å². The van der Waals surface area contributed by atoms with E-state index in [-0.39, 0.29) is 11.9 Å². The molecule has 5 rings (SSSR count). The smallest absolute Gasteiger partial charge is 0.244 e. The Labute approximate surface area is 229 Å². The molecule has 1 fully saturated rings. The number of nitrogens with one attached hydrogen (secondary N) is 2. The fourth-order valence-corrected chi connectivity index (χ4v) is 5.36. The van der Waals surface area contributed by atoms with Gasteiger partial charge >= 0.3 is 0 Å². The molecule has 1 aliphatic rings. The number of aromatic amines is 1. The Bertz CT molecular complexity index is 1470. The largest absolute Gasteiger partial charge is 0.493 e. The van der Waals surface area contributed by atoms with Gasteiger partial charge in [0.2, 0.25) is 5.91 Å². The van der Waals surface area contributed by atoms with Gasteiger partial charge in [0.05, 0.1) is 20.3 Å². The Morgan fingerprint density at radius 2 is 1.82 bits per heavy atom. The highest BCUT2D eigenvalue weighted by atomic mass is 16.5. The van der Waals surface area contributed by atoms with Crippen LogP contribution in [0.2, 0.25) is 0 Å². The minimum Gasteiger partial charge on any atom is -0.493 e. The van der Waals surface area contributed by atoms with Crippen LogP contribution in [0.4, 0.5) is 0 Å². The number of nitrogens with zero attached hydrogens (tertiary/aromatic N) is 2. The lowest BCUT2D eigenvalue weighted by Gasteiger charge is -2.29. The number of fused-ring (bicyclic) bond motifs is 1. The van der Waals surface area contributed by atoms with Gasteiger partial charge in [-0.1, -0.05) is 30.3 Å². The number of ether oxygens (including phenoxy) is 2. The number of hydrogen-bond donors (Lipinski definition) is 2. The summed E-state index contributed by atoms with van der Waals surface area (Å²) in [6.45, 7) is 4.24. The van der Waals surface area contributed by atoms with E-state index in [1.54, 1.807) is 20.3 Å². The highest BCUT2D eigenvalue weighted by molar-refractivity contribution is 6.01. The van der Waals surface area contributed by atoms with Gasteiger partial charge < -0.3 is 24.7 Å². The molecule has 202 valence electrons. The second kappa shape index (κ2) is 11.7. The van der Waals surface area contributed by atoms with Crippen LogP contribution in [0.15, 0.2) is 67.0 Å². The molecule has 0 spiro atoms. The molecule has 1 atom stereocenters. The quantitative estimate of drug-likeness (QED) is 0.279. The van der Waals surface area contributed by atoms with Crippen LogP contribution in [0.5, 0.6) is 11.5 Å². The molecule has 4 aromatic rings. The second-order valence-corrected chi connectivity index (χ2v) is 10.2. The minimum absolute atomic E-state index is 0.181. The van der Waals surface area contributed by atoms with Crippen molar-refractivity contribution in [1.82, 2.24) is 20.2 Å². The van der Waals surface area contributed by atoms with Crippen molar-refractivity contribution in [3.05, 3.63) is 83.7 Å². The fraction of sp³-hybridized carbons (Fsp3) is 0.312. The normalized spacial score (nSPS) is 15.5. The molecule has 1 aliphatic heterocycles. The predicted octanol–water partition coefficient (Wildman–Crippen LogP) is 5.95. The van der Waals surface area contributed by atoms with Crippen LogP contribution in [0, 0.1) is 0 Å². The molecule has 1 saturated heterocycles. The number of piperidine rings is 1. The highest BCUT2D eigenvalue weighted by Crippen LogP contribution is 2.34. The monoisotopic (exact) mass is 524 g/mol. The molecule has 7 heteroatoms. The zero-order valence-electron chi connectivity index (χ0n) is 23.0. The summed E-state index contributed by atoms with van der Waals surface area (Å²) < 4.78 is 10.7. The standard InChI is InChI=1S/C32H36N4O3/c1-21(25-9-11-28(38-3)29(19-25)39-4)35-30(37)12-10-26-20-34-32-31(26)27(13-16-33-32)24-7-5-22(6-8-24)23-14-17-36(2)18-15-23/h5-13,16,19-21,23H,14-15,17-18H2,1-4H3,(H,33,34)(H,35,37)/b12-10+/t21-/m1/s1. The van der Waals surface area contributed by atoms with Gasteiger partial charge in [0.1, 0.15) is 5.65 Å². The zero-order chi connectivity index (χ0) is 27.4. The molecular formula is C32H36N4O3. The number of benzene rings is 2. The van der Waals surface area contributed by atoms with Crippen LogP contribution in [-0.2, 0) is 4.79 Å². The van der Waals surface area contributed by atoms with Crippen molar-refractivity contribution < 1.29 is 14.3 Å². The first-order valence-corrected chi connectivity index (χ1v) is 13.4. The van der Waals surface area contributed by atoms with Gasteiger partial charge in [0.15, 0.2) is 11.5 Å².